The highest BCUT2D eigenvalue weighted by molar-refractivity contribution is 5.72. The number of hydrogen-bond acceptors (Lipinski definition) is 3. The maximum Gasteiger partial charge on any atom is 0.309 e. The van der Waals surface area contributed by atoms with E-state index in [4.69, 9.17) is 4.74 Å². The fourth-order valence-corrected chi connectivity index (χ4v) is 2.96. The smallest absolute Gasteiger partial charge is 0.309 e. The van der Waals surface area contributed by atoms with Crippen molar-refractivity contribution in [2.75, 3.05) is 19.7 Å². The third-order valence-electron chi connectivity index (χ3n) is 4.43. The number of ether oxygens (including phenoxy) is 1. The van der Waals surface area contributed by atoms with Gasteiger partial charge in [0.2, 0.25) is 0 Å². The summed E-state index contributed by atoms with van der Waals surface area (Å²) in [7, 11) is 0. The predicted octanol–water partition coefficient (Wildman–Crippen LogP) is 3.76. The standard InChI is InChI=1S/C19H29NO2/c1-5-22-18(21)16-10-12-20(13-11-16)14-15-6-8-17(9-7-15)19(2,3)4/h6-9,16H,5,10-14H2,1-4H3. The van der Waals surface area contributed by atoms with Gasteiger partial charge in [-0.2, -0.15) is 0 Å². The third kappa shape index (κ3) is 4.57. The number of likely N-dealkylation sites (tertiary alicyclic amines) is 1. The molecule has 1 saturated heterocycles. The Balaban J connectivity index is 1.84. The SMILES string of the molecule is CCOC(=O)C1CCN(Cc2ccc(C(C)(C)C)cc2)CC1. The number of esters is 1. The van der Waals surface area contributed by atoms with E-state index in [-0.39, 0.29) is 17.3 Å². The molecule has 22 heavy (non-hydrogen) atoms. The lowest BCUT2D eigenvalue weighted by Gasteiger charge is -2.31. The van der Waals surface area contributed by atoms with Crippen molar-refractivity contribution in [3.05, 3.63) is 35.4 Å². The maximum absolute atomic E-state index is 11.8. The van der Waals surface area contributed by atoms with Gasteiger partial charge in [0, 0.05) is 6.54 Å². The molecule has 0 spiro atoms. The number of carbonyl (C=O) groups excluding carboxylic acids is 1. The van der Waals surface area contributed by atoms with Crippen LogP contribution in [0.2, 0.25) is 0 Å². The lowest BCUT2D eigenvalue weighted by atomic mass is 9.86. The minimum atomic E-state index is -0.0170. The lowest BCUT2D eigenvalue weighted by molar-refractivity contribution is -0.149. The van der Waals surface area contributed by atoms with E-state index in [2.05, 4.69) is 49.9 Å². The van der Waals surface area contributed by atoms with Crippen LogP contribution in [0.15, 0.2) is 24.3 Å². The van der Waals surface area contributed by atoms with Crippen LogP contribution in [0.25, 0.3) is 0 Å². The second-order valence-corrected chi connectivity index (χ2v) is 7.25. The molecule has 0 unspecified atom stereocenters. The number of benzene rings is 1. The van der Waals surface area contributed by atoms with E-state index >= 15 is 0 Å². The average molecular weight is 303 g/mol. The van der Waals surface area contributed by atoms with Crippen molar-refractivity contribution in [2.45, 2.75) is 52.5 Å². The molecule has 0 saturated carbocycles. The molecule has 0 N–H and O–H groups in total. The molecule has 0 radical (unpaired) electrons. The number of carbonyl (C=O) groups is 1. The van der Waals surface area contributed by atoms with Crippen LogP contribution >= 0.6 is 0 Å². The zero-order valence-electron chi connectivity index (χ0n) is 14.4. The van der Waals surface area contributed by atoms with E-state index in [1.54, 1.807) is 0 Å². The van der Waals surface area contributed by atoms with E-state index in [1.165, 1.54) is 11.1 Å². The zero-order chi connectivity index (χ0) is 16.2. The van der Waals surface area contributed by atoms with Gasteiger partial charge in [-0.1, -0.05) is 45.0 Å². The molecule has 0 aliphatic carbocycles. The number of nitrogens with zero attached hydrogens (tertiary/aromatic N) is 1. The van der Waals surface area contributed by atoms with Gasteiger partial charge in [0.1, 0.15) is 0 Å². The molecular weight excluding hydrogens is 274 g/mol. The molecule has 2 rings (SSSR count). The van der Waals surface area contributed by atoms with Gasteiger partial charge in [0.15, 0.2) is 0 Å². The summed E-state index contributed by atoms with van der Waals surface area (Å²) < 4.78 is 5.12. The quantitative estimate of drug-likeness (QED) is 0.793. The van der Waals surface area contributed by atoms with Gasteiger partial charge in [0.25, 0.3) is 0 Å². The Labute approximate surface area is 134 Å². The summed E-state index contributed by atoms with van der Waals surface area (Å²) >= 11 is 0. The second kappa shape index (κ2) is 7.28. The van der Waals surface area contributed by atoms with E-state index in [1.807, 2.05) is 6.92 Å². The zero-order valence-corrected chi connectivity index (χ0v) is 14.4. The molecule has 1 aromatic rings. The topological polar surface area (TPSA) is 29.5 Å². The molecule has 1 heterocycles. The van der Waals surface area contributed by atoms with E-state index in [0.29, 0.717) is 6.61 Å². The molecule has 3 nitrogen and oxygen atoms in total. The van der Waals surface area contributed by atoms with Crippen LogP contribution in [-0.4, -0.2) is 30.6 Å². The lowest BCUT2D eigenvalue weighted by Crippen LogP contribution is -2.36. The first-order chi connectivity index (χ1) is 10.4. The summed E-state index contributed by atoms with van der Waals surface area (Å²) in [6.45, 7) is 12.0. The number of rotatable bonds is 4. The van der Waals surface area contributed by atoms with Gasteiger partial charge >= 0.3 is 5.97 Å². The van der Waals surface area contributed by atoms with E-state index in [9.17, 15) is 4.79 Å². The average Bonchev–Trinajstić information content (AvgIpc) is 2.48. The highest BCUT2D eigenvalue weighted by Gasteiger charge is 2.25. The summed E-state index contributed by atoms with van der Waals surface area (Å²) in [5, 5.41) is 0. The molecule has 122 valence electrons. The summed E-state index contributed by atoms with van der Waals surface area (Å²) in [5.74, 6) is 0.0798. The molecule has 0 amide bonds. The Morgan fingerprint density at radius 2 is 1.77 bits per heavy atom. The molecule has 3 heteroatoms. The minimum Gasteiger partial charge on any atom is -0.466 e. The molecule has 1 aromatic carbocycles. The van der Waals surface area contributed by atoms with Crippen molar-refractivity contribution >= 4 is 5.97 Å². The summed E-state index contributed by atoms with van der Waals surface area (Å²) in [4.78, 5) is 14.2. The van der Waals surface area contributed by atoms with Crippen LogP contribution in [0.1, 0.15) is 51.7 Å². The van der Waals surface area contributed by atoms with Crippen LogP contribution in [-0.2, 0) is 21.5 Å². The van der Waals surface area contributed by atoms with E-state index < -0.39 is 0 Å². The molecule has 1 fully saturated rings. The van der Waals surface area contributed by atoms with Gasteiger partial charge in [-0.15, -0.1) is 0 Å². The molecular formula is C19H29NO2. The summed E-state index contributed by atoms with van der Waals surface area (Å²) in [6.07, 6.45) is 1.83. The van der Waals surface area contributed by atoms with Crippen LogP contribution in [0.4, 0.5) is 0 Å². The summed E-state index contributed by atoms with van der Waals surface area (Å²) in [5.41, 5.74) is 2.93. The first-order valence-electron chi connectivity index (χ1n) is 8.38. The van der Waals surface area contributed by atoms with Gasteiger partial charge in [-0.25, -0.2) is 0 Å². The Morgan fingerprint density at radius 3 is 2.27 bits per heavy atom. The van der Waals surface area contributed by atoms with Gasteiger partial charge in [0.05, 0.1) is 12.5 Å². The van der Waals surface area contributed by atoms with Gasteiger partial charge < -0.3 is 4.74 Å². The molecule has 1 aliphatic heterocycles. The van der Waals surface area contributed by atoms with Crippen molar-refractivity contribution in [1.82, 2.24) is 4.90 Å². The number of piperidine rings is 1. The van der Waals surface area contributed by atoms with Gasteiger partial charge in [-0.3, -0.25) is 9.69 Å². The Hall–Kier alpha value is -1.35. The maximum atomic E-state index is 11.8. The second-order valence-electron chi connectivity index (χ2n) is 7.25. The van der Waals surface area contributed by atoms with Crippen LogP contribution < -0.4 is 0 Å². The van der Waals surface area contributed by atoms with Crippen molar-refractivity contribution in [2.24, 2.45) is 5.92 Å². The molecule has 0 atom stereocenters. The molecule has 1 aliphatic rings. The molecule has 0 aromatic heterocycles. The predicted molar refractivity (Wildman–Crippen MR) is 89.8 cm³/mol. The van der Waals surface area contributed by atoms with Crippen molar-refractivity contribution in [3.8, 4) is 0 Å². The molecule has 0 bridgehead atoms. The first-order valence-corrected chi connectivity index (χ1v) is 8.38. The van der Waals surface area contributed by atoms with Crippen LogP contribution in [0, 0.1) is 5.92 Å². The Bertz CT molecular complexity index is 479. The van der Waals surface area contributed by atoms with Crippen molar-refractivity contribution in [3.63, 3.8) is 0 Å². The van der Waals surface area contributed by atoms with Crippen molar-refractivity contribution < 1.29 is 9.53 Å². The monoisotopic (exact) mass is 303 g/mol. The largest absolute Gasteiger partial charge is 0.466 e. The minimum absolute atomic E-state index is 0.0170. The normalized spacial score (nSPS) is 17.5. The van der Waals surface area contributed by atoms with Crippen LogP contribution in [0.5, 0.6) is 0 Å². The highest BCUT2D eigenvalue weighted by Crippen LogP contribution is 2.24. The van der Waals surface area contributed by atoms with Crippen LogP contribution in [0.3, 0.4) is 0 Å². The highest BCUT2D eigenvalue weighted by atomic mass is 16.5. The number of hydrogen-bond donors (Lipinski definition) is 0. The fourth-order valence-electron chi connectivity index (χ4n) is 2.96. The fraction of sp³-hybridized carbons (Fsp3) is 0.632. The Kier molecular flexibility index (Phi) is 5.63. The Morgan fingerprint density at radius 1 is 1.18 bits per heavy atom. The third-order valence-corrected chi connectivity index (χ3v) is 4.43. The van der Waals surface area contributed by atoms with Crippen molar-refractivity contribution in [1.29, 1.82) is 0 Å². The summed E-state index contributed by atoms with van der Waals surface area (Å²) in [6, 6.07) is 8.94. The first kappa shape index (κ1) is 17.0. The van der Waals surface area contributed by atoms with Gasteiger partial charge in [-0.05, 0) is 49.4 Å². The van der Waals surface area contributed by atoms with E-state index in [0.717, 1.165) is 32.5 Å².